The number of halogens is 4. The molecule has 0 saturated carbocycles. The van der Waals surface area contributed by atoms with Crippen LogP contribution in [-0.2, 0) is 6.18 Å². The molecule has 1 unspecified atom stereocenters. The van der Waals surface area contributed by atoms with Gasteiger partial charge in [0.15, 0.2) is 0 Å². The molecule has 0 bridgehead atoms. The second kappa shape index (κ2) is 5.73. The third kappa shape index (κ3) is 3.52. The maximum Gasteiger partial charge on any atom is 0.451 e. The van der Waals surface area contributed by atoms with E-state index in [9.17, 15) is 18.3 Å². The standard InChI is InChI=1S/C12H15ClF3N3O/c1-7(20)8-2-4-19(5-3-8)10-6-9(13)17-11(18-10)12(14,15)16/h6-8,20H,2-5H2,1H3. The van der Waals surface area contributed by atoms with Crippen LogP contribution in [0.4, 0.5) is 19.0 Å². The highest BCUT2D eigenvalue weighted by atomic mass is 35.5. The molecule has 1 atom stereocenters. The van der Waals surface area contributed by atoms with Crippen molar-refractivity contribution in [3.05, 3.63) is 17.0 Å². The summed E-state index contributed by atoms with van der Waals surface area (Å²) in [5, 5.41) is 9.29. The summed E-state index contributed by atoms with van der Waals surface area (Å²) < 4.78 is 37.9. The molecule has 1 aliphatic rings. The Hall–Kier alpha value is -1.08. The van der Waals surface area contributed by atoms with Gasteiger partial charge in [0.25, 0.3) is 0 Å². The molecule has 0 aromatic carbocycles. The van der Waals surface area contributed by atoms with E-state index in [0.29, 0.717) is 25.9 Å². The number of hydrogen-bond donors (Lipinski definition) is 1. The zero-order valence-electron chi connectivity index (χ0n) is 10.9. The number of rotatable bonds is 2. The van der Waals surface area contributed by atoms with Gasteiger partial charge in [-0.2, -0.15) is 13.2 Å². The molecular weight excluding hydrogens is 295 g/mol. The summed E-state index contributed by atoms with van der Waals surface area (Å²) in [6.45, 7) is 2.81. The fourth-order valence-corrected chi connectivity index (χ4v) is 2.48. The average Bonchev–Trinajstić information content (AvgIpc) is 2.37. The highest BCUT2D eigenvalue weighted by molar-refractivity contribution is 6.29. The summed E-state index contributed by atoms with van der Waals surface area (Å²) in [4.78, 5) is 8.48. The summed E-state index contributed by atoms with van der Waals surface area (Å²) in [6.07, 6.45) is -3.60. The fraction of sp³-hybridized carbons (Fsp3) is 0.667. The normalized spacial score (nSPS) is 19.2. The van der Waals surface area contributed by atoms with Crippen molar-refractivity contribution in [3.8, 4) is 0 Å². The number of aromatic nitrogens is 2. The Labute approximate surface area is 119 Å². The van der Waals surface area contributed by atoms with Crippen molar-refractivity contribution >= 4 is 17.4 Å². The predicted molar refractivity (Wildman–Crippen MR) is 68.7 cm³/mol. The van der Waals surface area contributed by atoms with Gasteiger partial charge in [0, 0.05) is 19.2 Å². The van der Waals surface area contributed by atoms with E-state index in [-0.39, 0.29) is 16.9 Å². The Morgan fingerprint density at radius 3 is 2.45 bits per heavy atom. The fourth-order valence-electron chi connectivity index (χ4n) is 2.31. The van der Waals surface area contributed by atoms with Gasteiger partial charge in [-0.1, -0.05) is 11.6 Å². The minimum absolute atomic E-state index is 0.172. The molecule has 0 amide bonds. The zero-order valence-corrected chi connectivity index (χ0v) is 11.6. The molecule has 0 aliphatic carbocycles. The molecule has 1 saturated heterocycles. The summed E-state index contributed by atoms with van der Waals surface area (Å²) in [7, 11) is 0. The van der Waals surface area contributed by atoms with Crippen LogP contribution in [0.3, 0.4) is 0 Å². The summed E-state index contributed by atoms with van der Waals surface area (Å²) >= 11 is 5.64. The van der Waals surface area contributed by atoms with E-state index < -0.39 is 18.1 Å². The van der Waals surface area contributed by atoms with Crippen LogP contribution in [0.5, 0.6) is 0 Å². The lowest BCUT2D eigenvalue weighted by molar-refractivity contribution is -0.144. The van der Waals surface area contributed by atoms with E-state index >= 15 is 0 Å². The Balaban J connectivity index is 2.16. The van der Waals surface area contributed by atoms with Crippen molar-refractivity contribution in [2.45, 2.75) is 32.0 Å². The van der Waals surface area contributed by atoms with Gasteiger partial charge >= 0.3 is 6.18 Å². The SMILES string of the molecule is CC(O)C1CCN(c2cc(Cl)nc(C(F)(F)F)n2)CC1. The molecule has 0 spiro atoms. The van der Waals surface area contributed by atoms with Crippen molar-refractivity contribution in [2.24, 2.45) is 5.92 Å². The number of alkyl halides is 3. The number of piperidine rings is 1. The summed E-state index contributed by atoms with van der Waals surface area (Å²) in [5.41, 5.74) is 0. The van der Waals surface area contributed by atoms with Crippen LogP contribution in [0.1, 0.15) is 25.6 Å². The Morgan fingerprint density at radius 1 is 1.35 bits per heavy atom. The molecule has 0 radical (unpaired) electrons. The molecule has 20 heavy (non-hydrogen) atoms. The Kier molecular flexibility index (Phi) is 4.39. The smallest absolute Gasteiger partial charge is 0.393 e. The van der Waals surface area contributed by atoms with E-state index in [2.05, 4.69) is 9.97 Å². The van der Waals surface area contributed by atoms with Crippen molar-refractivity contribution in [3.63, 3.8) is 0 Å². The van der Waals surface area contributed by atoms with Gasteiger partial charge in [-0.15, -0.1) is 0 Å². The molecular formula is C12H15ClF3N3O. The molecule has 1 aromatic rings. The summed E-state index contributed by atoms with van der Waals surface area (Å²) in [5.74, 6) is -0.871. The number of anilines is 1. The van der Waals surface area contributed by atoms with Crippen molar-refractivity contribution in [2.75, 3.05) is 18.0 Å². The van der Waals surface area contributed by atoms with Crippen LogP contribution in [0.15, 0.2) is 6.07 Å². The minimum Gasteiger partial charge on any atom is -0.393 e. The lowest BCUT2D eigenvalue weighted by Gasteiger charge is -2.34. The lowest BCUT2D eigenvalue weighted by Crippen LogP contribution is -2.37. The third-order valence-electron chi connectivity index (χ3n) is 3.48. The van der Waals surface area contributed by atoms with Gasteiger partial charge in [-0.3, -0.25) is 0 Å². The number of nitrogens with zero attached hydrogens (tertiary/aromatic N) is 3. The van der Waals surface area contributed by atoms with Gasteiger partial charge in [0.05, 0.1) is 6.10 Å². The van der Waals surface area contributed by atoms with Crippen LogP contribution < -0.4 is 4.90 Å². The first kappa shape index (κ1) is 15.3. The Bertz CT molecular complexity index is 474. The highest BCUT2D eigenvalue weighted by Gasteiger charge is 2.36. The molecule has 2 rings (SSSR count). The van der Waals surface area contributed by atoms with Crippen LogP contribution in [-0.4, -0.2) is 34.3 Å². The average molecular weight is 310 g/mol. The maximum absolute atomic E-state index is 12.6. The molecule has 2 heterocycles. The Morgan fingerprint density at radius 2 is 1.95 bits per heavy atom. The molecule has 8 heteroatoms. The largest absolute Gasteiger partial charge is 0.451 e. The molecule has 1 aromatic heterocycles. The van der Waals surface area contributed by atoms with Crippen molar-refractivity contribution in [1.82, 2.24) is 9.97 Å². The molecule has 112 valence electrons. The minimum atomic E-state index is -4.61. The van der Waals surface area contributed by atoms with Crippen LogP contribution >= 0.6 is 11.6 Å². The maximum atomic E-state index is 12.6. The number of aliphatic hydroxyl groups is 1. The molecule has 1 aliphatic heterocycles. The zero-order chi connectivity index (χ0) is 14.9. The van der Waals surface area contributed by atoms with E-state index in [1.54, 1.807) is 11.8 Å². The number of aliphatic hydroxyl groups excluding tert-OH is 1. The molecule has 4 nitrogen and oxygen atoms in total. The second-order valence-corrected chi connectivity index (χ2v) is 5.32. The van der Waals surface area contributed by atoms with Gasteiger partial charge in [0.2, 0.25) is 5.82 Å². The van der Waals surface area contributed by atoms with Gasteiger partial charge in [0.1, 0.15) is 11.0 Å². The lowest BCUT2D eigenvalue weighted by atomic mass is 9.92. The van der Waals surface area contributed by atoms with Crippen molar-refractivity contribution < 1.29 is 18.3 Å². The van der Waals surface area contributed by atoms with Gasteiger partial charge < -0.3 is 10.0 Å². The predicted octanol–water partition coefficient (Wildman–Crippen LogP) is 2.75. The second-order valence-electron chi connectivity index (χ2n) is 4.94. The topological polar surface area (TPSA) is 49.2 Å². The van der Waals surface area contributed by atoms with Crippen molar-refractivity contribution in [1.29, 1.82) is 0 Å². The first-order valence-electron chi connectivity index (χ1n) is 6.32. The van der Waals surface area contributed by atoms with E-state index in [4.69, 9.17) is 11.6 Å². The first-order valence-corrected chi connectivity index (χ1v) is 6.70. The van der Waals surface area contributed by atoms with Crippen LogP contribution in [0.2, 0.25) is 5.15 Å². The third-order valence-corrected chi connectivity index (χ3v) is 3.67. The summed E-state index contributed by atoms with van der Waals surface area (Å²) in [6, 6.07) is 1.33. The quantitative estimate of drug-likeness (QED) is 0.854. The highest BCUT2D eigenvalue weighted by Crippen LogP contribution is 2.30. The molecule has 1 N–H and O–H groups in total. The van der Waals surface area contributed by atoms with E-state index in [1.807, 2.05) is 0 Å². The van der Waals surface area contributed by atoms with E-state index in [1.165, 1.54) is 6.07 Å². The van der Waals surface area contributed by atoms with E-state index in [0.717, 1.165) is 0 Å². The van der Waals surface area contributed by atoms with Gasteiger partial charge in [-0.05, 0) is 25.7 Å². The van der Waals surface area contributed by atoms with Crippen LogP contribution in [0.25, 0.3) is 0 Å². The molecule has 1 fully saturated rings. The van der Waals surface area contributed by atoms with Crippen LogP contribution in [0, 0.1) is 5.92 Å². The monoisotopic (exact) mass is 309 g/mol. The van der Waals surface area contributed by atoms with Gasteiger partial charge in [-0.25, -0.2) is 9.97 Å². The number of hydrogen-bond acceptors (Lipinski definition) is 4. The first-order chi connectivity index (χ1) is 9.27.